The summed E-state index contributed by atoms with van der Waals surface area (Å²) in [6, 6.07) is 0. The number of unbranched alkanes of at least 4 members (excludes halogenated alkanes) is 3. The molecule has 0 saturated carbocycles. The van der Waals surface area contributed by atoms with E-state index in [1.54, 1.807) is 7.11 Å². The summed E-state index contributed by atoms with van der Waals surface area (Å²) >= 11 is 0. The molecule has 4 nitrogen and oxygen atoms in total. The number of carbonyl (C=O) groups excluding carboxylic acids is 1. The summed E-state index contributed by atoms with van der Waals surface area (Å²) in [4.78, 5) is 11.4. The van der Waals surface area contributed by atoms with Crippen molar-refractivity contribution in [2.24, 2.45) is 11.7 Å². The molecular weight excluding hydrogens is 240 g/mol. The number of carbonyl (C=O) groups is 1. The van der Waals surface area contributed by atoms with Crippen molar-refractivity contribution >= 4 is 18.3 Å². The molecule has 0 aliphatic heterocycles. The number of hydrogen-bond donors (Lipinski definition) is 2. The van der Waals surface area contributed by atoms with E-state index in [-0.39, 0.29) is 18.3 Å². The third-order valence-electron chi connectivity index (χ3n) is 2.46. The van der Waals surface area contributed by atoms with Crippen LogP contribution in [-0.2, 0) is 9.53 Å². The standard InChI is InChI=1S/C12H26N2O2.ClH/c1-11(10-16-2)9-14-12(15)7-5-3-4-6-8-13;/h11H,3-10,13H2,1-2H3,(H,14,15);1H. The second-order valence-corrected chi connectivity index (χ2v) is 4.32. The lowest BCUT2D eigenvalue weighted by Crippen LogP contribution is -2.29. The molecule has 1 amide bonds. The number of rotatable bonds is 10. The van der Waals surface area contributed by atoms with Gasteiger partial charge in [-0.1, -0.05) is 19.8 Å². The van der Waals surface area contributed by atoms with Gasteiger partial charge in [0.05, 0.1) is 6.61 Å². The number of ether oxygens (including phenoxy) is 1. The lowest BCUT2D eigenvalue weighted by atomic mass is 10.1. The fourth-order valence-corrected chi connectivity index (χ4v) is 1.50. The van der Waals surface area contributed by atoms with Crippen molar-refractivity contribution in [1.82, 2.24) is 5.32 Å². The molecule has 5 heteroatoms. The average molecular weight is 267 g/mol. The van der Waals surface area contributed by atoms with Gasteiger partial charge in [-0.15, -0.1) is 12.4 Å². The highest BCUT2D eigenvalue weighted by Crippen LogP contribution is 2.02. The lowest BCUT2D eigenvalue weighted by molar-refractivity contribution is -0.121. The minimum absolute atomic E-state index is 0. The van der Waals surface area contributed by atoms with Crippen molar-refractivity contribution in [3.63, 3.8) is 0 Å². The van der Waals surface area contributed by atoms with Gasteiger partial charge in [0.1, 0.15) is 0 Å². The monoisotopic (exact) mass is 266 g/mol. The van der Waals surface area contributed by atoms with Gasteiger partial charge in [-0.3, -0.25) is 4.79 Å². The van der Waals surface area contributed by atoms with Crippen molar-refractivity contribution in [1.29, 1.82) is 0 Å². The van der Waals surface area contributed by atoms with E-state index < -0.39 is 0 Å². The Morgan fingerprint density at radius 1 is 1.29 bits per heavy atom. The summed E-state index contributed by atoms with van der Waals surface area (Å²) in [6.45, 7) is 4.21. The second-order valence-electron chi connectivity index (χ2n) is 4.32. The number of nitrogens with two attached hydrogens (primary N) is 1. The van der Waals surface area contributed by atoms with Crippen molar-refractivity contribution < 1.29 is 9.53 Å². The average Bonchev–Trinajstić information content (AvgIpc) is 2.26. The SMILES string of the molecule is COCC(C)CNC(=O)CCCCCCN.Cl. The molecule has 0 spiro atoms. The van der Waals surface area contributed by atoms with Crippen LogP contribution in [0.1, 0.15) is 39.0 Å². The molecule has 17 heavy (non-hydrogen) atoms. The van der Waals surface area contributed by atoms with Crippen molar-refractivity contribution in [2.45, 2.75) is 39.0 Å². The van der Waals surface area contributed by atoms with E-state index >= 15 is 0 Å². The van der Waals surface area contributed by atoms with Crippen LogP contribution in [0.2, 0.25) is 0 Å². The quantitative estimate of drug-likeness (QED) is 0.592. The second kappa shape index (κ2) is 13.7. The largest absolute Gasteiger partial charge is 0.384 e. The number of nitrogens with one attached hydrogen (secondary N) is 1. The Bertz CT molecular complexity index is 180. The molecule has 0 aromatic heterocycles. The fraction of sp³-hybridized carbons (Fsp3) is 0.917. The predicted molar refractivity (Wildman–Crippen MR) is 73.4 cm³/mol. The van der Waals surface area contributed by atoms with Gasteiger partial charge in [0, 0.05) is 20.1 Å². The molecule has 0 fully saturated rings. The Hall–Kier alpha value is -0.320. The summed E-state index contributed by atoms with van der Waals surface area (Å²) in [5.41, 5.74) is 5.39. The smallest absolute Gasteiger partial charge is 0.220 e. The highest BCUT2D eigenvalue weighted by Gasteiger charge is 2.04. The molecule has 0 radical (unpaired) electrons. The first-order chi connectivity index (χ1) is 7.70. The van der Waals surface area contributed by atoms with E-state index in [1.807, 2.05) is 0 Å². The first-order valence-electron chi connectivity index (χ1n) is 6.16. The van der Waals surface area contributed by atoms with E-state index in [0.717, 1.165) is 32.2 Å². The van der Waals surface area contributed by atoms with Gasteiger partial charge in [0.2, 0.25) is 5.91 Å². The highest BCUT2D eigenvalue weighted by atomic mass is 35.5. The van der Waals surface area contributed by atoms with Crippen molar-refractivity contribution in [2.75, 3.05) is 26.8 Å². The molecule has 0 heterocycles. The maximum atomic E-state index is 11.4. The van der Waals surface area contributed by atoms with Crippen LogP contribution >= 0.6 is 12.4 Å². The molecular formula is C12H27ClN2O2. The molecule has 1 unspecified atom stereocenters. The van der Waals surface area contributed by atoms with Crippen LogP contribution in [0, 0.1) is 5.92 Å². The molecule has 3 N–H and O–H groups in total. The Morgan fingerprint density at radius 2 is 1.94 bits per heavy atom. The first kappa shape index (κ1) is 19.0. The summed E-state index contributed by atoms with van der Waals surface area (Å²) in [5.74, 6) is 0.530. The van der Waals surface area contributed by atoms with Crippen LogP contribution < -0.4 is 11.1 Å². The Labute approximate surface area is 111 Å². The van der Waals surface area contributed by atoms with E-state index in [9.17, 15) is 4.79 Å². The maximum absolute atomic E-state index is 11.4. The van der Waals surface area contributed by atoms with Gasteiger partial charge in [-0.05, 0) is 25.3 Å². The Morgan fingerprint density at radius 3 is 2.53 bits per heavy atom. The van der Waals surface area contributed by atoms with Crippen LogP contribution in [0.15, 0.2) is 0 Å². The number of methoxy groups -OCH3 is 1. The van der Waals surface area contributed by atoms with Crippen LogP contribution in [0.3, 0.4) is 0 Å². The van der Waals surface area contributed by atoms with Crippen molar-refractivity contribution in [3.05, 3.63) is 0 Å². The Kier molecular flexibility index (Phi) is 15.4. The van der Waals surface area contributed by atoms with Gasteiger partial charge < -0.3 is 15.8 Å². The zero-order valence-corrected chi connectivity index (χ0v) is 11.9. The topological polar surface area (TPSA) is 64.3 Å². The van der Waals surface area contributed by atoms with Crippen LogP contribution in [0.25, 0.3) is 0 Å². The highest BCUT2D eigenvalue weighted by molar-refractivity contribution is 5.85. The molecule has 0 bridgehead atoms. The first-order valence-corrected chi connectivity index (χ1v) is 6.16. The molecule has 0 aromatic carbocycles. The molecule has 0 rings (SSSR count). The van der Waals surface area contributed by atoms with Gasteiger partial charge in [0.15, 0.2) is 0 Å². The van der Waals surface area contributed by atoms with Crippen LogP contribution in [0.5, 0.6) is 0 Å². The molecule has 0 aliphatic carbocycles. The maximum Gasteiger partial charge on any atom is 0.220 e. The van der Waals surface area contributed by atoms with Crippen LogP contribution in [0.4, 0.5) is 0 Å². The fourth-order valence-electron chi connectivity index (χ4n) is 1.50. The normalized spacial score (nSPS) is 11.7. The minimum atomic E-state index is 0. The number of hydrogen-bond acceptors (Lipinski definition) is 3. The molecule has 0 aromatic rings. The lowest BCUT2D eigenvalue weighted by Gasteiger charge is -2.11. The zero-order valence-electron chi connectivity index (χ0n) is 11.0. The van der Waals surface area contributed by atoms with Gasteiger partial charge in [-0.25, -0.2) is 0 Å². The predicted octanol–water partition coefficient (Wildman–Crippen LogP) is 1.72. The van der Waals surface area contributed by atoms with E-state index in [2.05, 4.69) is 12.2 Å². The molecule has 1 atom stereocenters. The summed E-state index contributed by atoms with van der Waals surface area (Å²) in [5, 5.41) is 2.91. The van der Waals surface area contributed by atoms with Crippen molar-refractivity contribution in [3.8, 4) is 0 Å². The zero-order chi connectivity index (χ0) is 12.2. The summed E-state index contributed by atoms with van der Waals surface area (Å²) < 4.78 is 5.00. The van der Waals surface area contributed by atoms with E-state index in [4.69, 9.17) is 10.5 Å². The Balaban J connectivity index is 0. The number of amides is 1. The van der Waals surface area contributed by atoms with E-state index in [1.165, 1.54) is 0 Å². The third-order valence-corrected chi connectivity index (χ3v) is 2.46. The van der Waals surface area contributed by atoms with E-state index in [0.29, 0.717) is 25.5 Å². The molecule has 0 saturated heterocycles. The van der Waals surface area contributed by atoms with Gasteiger partial charge in [-0.2, -0.15) is 0 Å². The minimum Gasteiger partial charge on any atom is -0.384 e. The summed E-state index contributed by atoms with van der Waals surface area (Å²) in [7, 11) is 1.68. The number of halogens is 1. The van der Waals surface area contributed by atoms with Gasteiger partial charge in [0.25, 0.3) is 0 Å². The van der Waals surface area contributed by atoms with Crippen LogP contribution in [-0.4, -0.2) is 32.7 Å². The molecule has 104 valence electrons. The molecule has 0 aliphatic rings. The van der Waals surface area contributed by atoms with Gasteiger partial charge >= 0.3 is 0 Å². The summed E-state index contributed by atoms with van der Waals surface area (Å²) in [6.07, 6.45) is 4.88. The third kappa shape index (κ3) is 13.6.